The number of ether oxygens (including phenoxy) is 1. The summed E-state index contributed by atoms with van der Waals surface area (Å²) in [6.07, 6.45) is 0.737. The van der Waals surface area contributed by atoms with Crippen molar-refractivity contribution in [2.45, 2.75) is 53.3 Å². The average Bonchev–Trinajstić information content (AvgIpc) is 2.92. The molecule has 0 amide bonds. The first-order chi connectivity index (χ1) is 10.1. The Bertz CT molecular complexity index is 579. The molecule has 114 valence electrons. The first kappa shape index (κ1) is 15.5. The van der Waals surface area contributed by atoms with E-state index >= 15 is 0 Å². The Labute approximate surface area is 125 Å². The smallest absolute Gasteiger partial charge is 0.253 e. The molecule has 1 aromatic carbocycles. The zero-order valence-corrected chi connectivity index (χ0v) is 13.1. The number of aryl methyl sites for hydroxylation is 2. The molecule has 0 aliphatic carbocycles. The molecule has 21 heavy (non-hydrogen) atoms. The van der Waals surface area contributed by atoms with Gasteiger partial charge >= 0.3 is 0 Å². The van der Waals surface area contributed by atoms with Crippen molar-refractivity contribution in [1.29, 1.82) is 0 Å². The van der Waals surface area contributed by atoms with Crippen LogP contribution in [0.5, 0.6) is 5.75 Å². The van der Waals surface area contributed by atoms with Gasteiger partial charge in [-0.2, -0.15) is 0 Å². The maximum Gasteiger partial charge on any atom is 0.253 e. The molecule has 1 aromatic heterocycles. The minimum absolute atomic E-state index is 0.298. The van der Waals surface area contributed by atoms with E-state index in [1.807, 2.05) is 26.0 Å². The van der Waals surface area contributed by atoms with Crippen molar-refractivity contribution in [3.63, 3.8) is 0 Å². The quantitative estimate of drug-likeness (QED) is 0.849. The van der Waals surface area contributed by atoms with E-state index in [0.717, 1.165) is 29.8 Å². The molecular formula is C16H23N3O2. The van der Waals surface area contributed by atoms with Crippen LogP contribution < -0.4 is 10.1 Å². The predicted molar refractivity (Wildman–Crippen MR) is 81.2 cm³/mol. The molecular weight excluding hydrogens is 266 g/mol. The summed E-state index contributed by atoms with van der Waals surface area (Å²) in [5, 5.41) is 11.3. The molecule has 0 saturated heterocycles. The standard InChI is InChI=1S/C16H23N3O2/c1-5-14-18-19-15(21-14)10-20-16-12(4)7-6-8-13(16)9-17-11(2)3/h6-8,11,17H,5,9-10H2,1-4H3. The zero-order chi connectivity index (χ0) is 15.2. The van der Waals surface area contributed by atoms with E-state index in [1.165, 1.54) is 0 Å². The van der Waals surface area contributed by atoms with Crippen LogP contribution in [0.4, 0.5) is 0 Å². The van der Waals surface area contributed by atoms with Gasteiger partial charge in [-0.3, -0.25) is 0 Å². The monoisotopic (exact) mass is 289 g/mol. The number of hydrogen-bond acceptors (Lipinski definition) is 5. The lowest BCUT2D eigenvalue weighted by molar-refractivity contribution is 0.255. The number of hydrogen-bond donors (Lipinski definition) is 1. The van der Waals surface area contributed by atoms with Crippen molar-refractivity contribution in [2.24, 2.45) is 0 Å². The Balaban J connectivity index is 2.07. The molecule has 0 fully saturated rings. The van der Waals surface area contributed by atoms with Crippen LogP contribution in [0.3, 0.4) is 0 Å². The van der Waals surface area contributed by atoms with Gasteiger partial charge in [0.2, 0.25) is 5.89 Å². The van der Waals surface area contributed by atoms with Crippen molar-refractivity contribution in [3.8, 4) is 5.75 Å². The summed E-state index contributed by atoms with van der Waals surface area (Å²) in [6, 6.07) is 6.59. The van der Waals surface area contributed by atoms with Crippen LogP contribution >= 0.6 is 0 Å². The number of nitrogens with one attached hydrogen (secondary N) is 1. The minimum Gasteiger partial charge on any atom is -0.483 e. The van der Waals surface area contributed by atoms with Crippen LogP contribution in [0, 0.1) is 6.92 Å². The van der Waals surface area contributed by atoms with Crippen molar-refractivity contribution in [1.82, 2.24) is 15.5 Å². The summed E-state index contributed by atoms with van der Waals surface area (Å²) in [5.74, 6) is 2.04. The lowest BCUT2D eigenvalue weighted by Crippen LogP contribution is -2.22. The van der Waals surface area contributed by atoms with E-state index in [1.54, 1.807) is 0 Å². The molecule has 5 heteroatoms. The molecule has 0 atom stereocenters. The van der Waals surface area contributed by atoms with Gasteiger partial charge in [0.05, 0.1) is 0 Å². The lowest BCUT2D eigenvalue weighted by atomic mass is 10.1. The SMILES string of the molecule is CCc1nnc(COc2c(C)cccc2CNC(C)C)o1. The van der Waals surface area contributed by atoms with Gasteiger partial charge in [-0.1, -0.05) is 39.0 Å². The second-order valence-electron chi connectivity index (χ2n) is 5.33. The maximum atomic E-state index is 5.91. The van der Waals surface area contributed by atoms with Gasteiger partial charge in [-0.25, -0.2) is 0 Å². The zero-order valence-electron chi connectivity index (χ0n) is 13.1. The van der Waals surface area contributed by atoms with E-state index in [2.05, 4.69) is 35.4 Å². The molecule has 0 unspecified atom stereocenters. The minimum atomic E-state index is 0.298. The normalized spacial score (nSPS) is 11.1. The van der Waals surface area contributed by atoms with Crippen LogP contribution in [-0.4, -0.2) is 16.2 Å². The Kier molecular flexibility index (Phi) is 5.33. The van der Waals surface area contributed by atoms with E-state index in [0.29, 0.717) is 24.4 Å². The van der Waals surface area contributed by atoms with Crippen LogP contribution in [0.15, 0.2) is 22.6 Å². The topological polar surface area (TPSA) is 60.2 Å². The molecule has 1 heterocycles. The summed E-state index contributed by atoms with van der Waals surface area (Å²) in [5.41, 5.74) is 2.24. The van der Waals surface area contributed by atoms with Gasteiger partial charge in [0, 0.05) is 24.6 Å². The van der Waals surface area contributed by atoms with E-state index in [4.69, 9.17) is 9.15 Å². The third-order valence-corrected chi connectivity index (χ3v) is 3.15. The van der Waals surface area contributed by atoms with E-state index in [9.17, 15) is 0 Å². The fourth-order valence-corrected chi connectivity index (χ4v) is 2.00. The number of aromatic nitrogens is 2. The fraction of sp³-hybridized carbons (Fsp3) is 0.500. The van der Waals surface area contributed by atoms with Crippen molar-refractivity contribution in [2.75, 3.05) is 0 Å². The molecule has 0 saturated carbocycles. The molecule has 2 rings (SSSR count). The highest BCUT2D eigenvalue weighted by Crippen LogP contribution is 2.24. The highest BCUT2D eigenvalue weighted by molar-refractivity contribution is 5.40. The van der Waals surface area contributed by atoms with Crippen LogP contribution in [0.1, 0.15) is 43.7 Å². The Hall–Kier alpha value is -1.88. The summed E-state index contributed by atoms with van der Waals surface area (Å²) in [4.78, 5) is 0. The summed E-state index contributed by atoms with van der Waals surface area (Å²) < 4.78 is 11.4. The summed E-state index contributed by atoms with van der Waals surface area (Å²) >= 11 is 0. The van der Waals surface area contributed by atoms with Crippen molar-refractivity contribution < 1.29 is 9.15 Å². The molecule has 0 bridgehead atoms. The number of rotatable bonds is 7. The van der Waals surface area contributed by atoms with Gasteiger partial charge in [-0.05, 0) is 12.5 Å². The highest BCUT2D eigenvalue weighted by atomic mass is 16.5. The van der Waals surface area contributed by atoms with Gasteiger partial charge in [-0.15, -0.1) is 10.2 Å². The molecule has 1 N–H and O–H groups in total. The third-order valence-electron chi connectivity index (χ3n) is 3.15. The lowest BCUT2D eigenvalue weighted by Gasteiger charge is -2.15. The second kappa shape index (κ2) is 7.22. The first-order valence-electron chi connectivity index (χ1n) is 7.36. The summed E-state index contributed by atoms with van der Waals surface area (Å²) in [7, 11) is 0. The number of nitrogens with zero attached hydrogens (tertiary/aromatic N) is 2. The van der Waals surface area contributed by atoms with Crippen LogP contribution in [0.25, 0.3) is 0 Å². The van der Waals surface area contributed by atoms with Gasteiger partial charge in [0.25, 0.3) is 5.89 Å². The molecule has 0 radical (unpaired) electrons. The predicted octanol–water partition coefficient (Wildman–Crippen LogP) is 3.02. The first-order valence-corrected chi connectivity index (χ1v) is 7.36. The molecule has 0 spiro atoms. The van der Waals surface area contributed by atoms with Gasteiger partial charge in [0.15, 0.2) is 6.61 Å². The summed E-state index contributed by atoms with van der Waals surface area (Å²) in [6.45, 7) is 9.35. The van der Waals surface area contributed by atoms with Crippen molar-refractivity contribution in [3.05, 3.63) is 41.1 Å². The Morgan fingerprint density at radius 2 is 2.00 bits per heavy atom. The van der Waals surface area contributed by atoms with E-state index in [-0.39, 0.29) is 0 Å². The van der Waals surface area contributed by atoms with Crippen molar-refractivity contribution >= 4 is 0 Å². The van der Waals surface area contributed by atoms with Gasteiger partial charge in [0.1, 0.15) is 5.75 Å². The van der Waals surface area contributed by atoms with Gasteiger partial charge < -0.3 is 14.5 Å². The molecule has 5 nitrogen and oxygen atoms in total. The molecule has 2 aromatic rings. The largest absolute Gasteiger partial charge is 0.483 e. The number of para-hydroxylation sites is 1. The fourth-order valence-electron chi connectivity index (χ4n) is 2.00. The van der Waals surface area contributed by atoms with E-state index < -0.39 is 0 Å². The Morgan fingerprint density at radius 3 is 2.67 bits per heavy atom. The Morgan fingerprint density at radius 1 is 1.24 bits per heavy atom. The highest BCUT2D eigenvalue weighted by Gasteiger charge is 2.10. The van der Waals surface area contributed by atoms with Crippen LogP contribution in [0.2, 0.25) is 0 Å². The molecule has 0 aliphatic heterocycles. The average molecular weight is 289 g/mol. The number of benzene rings is 1. The van der Waals surface area contributed by atoms with Crippen LogP contribution in [-0.2, 0) is 19.6 Å². The molecule has 0 aliphatic rings. The maximum absolute atomic E-state index is 5.91. The third kappa shape index (κ3) is 4.29. The second-order valence-corrected chi connectivity index (χ2v) is 5.33.